The highest BCUT2D eigenvalue weighted by atomic mass is 16.5. The second-order valence-electron chi connectivity index (χ2n) is 6.04. The first kappa shape index (κ1) is 17.0. The average Bonchev–Trinajstić information content (AvgIpc) is 3.18. The number of aryl methyl sites for hydroxylation is 1. The number of anilines is 1. The number of nitrogens with zero attached hydrogens (tertiary/aromatic N) is 3. The summed E-state index contributed by atoms with van der Waals surface area (Å²) in [6.07, 6.45) is 5.66. The number of hydrogen-bond donors (Lipinski definition) is 2. The van der Waals surface area contributed by atoms with E-state index >= 15 is 0 Å². The Hall–Kier alpha value is -2.80. The van der Waals surface area contributed by atoms with Crippen LogP contribution in [0, 0.1) is 0 Å². The molecule has 0 aliphatic carbocycles. The summed E-state index contributed by atoms with van der Waals surface area (Å²) in [5.41, 5.74) is 2.84. The highest BCUT2D eigenvalue weighted by Crippen LogP contribution is 2.21. The third kappa shape index (κ3) is 4.00. The minimum Gasteiger partial charge on any atom is -0.383 e. The molecular weight excluding hydrogens is 318 g/mol. The monoisotopic (exact) mass is 341 g/mol. The van der Waals surface area contributed by atoms with Crippen LogP contribution in [0.3, 0.4) is 0 Å². The number of urea groups is 1. The van der Waals surface area contributed by atoms with Gasteiger partial charge in [-0.15, -0.1) is 0 Å². The summed E-state index contributed by atoms with van der Waals surface area (Å²) in [5, 5.41) is 11.0. The number of ether oxygens (including phenoxy) is 1. The third-order valence-corrected chi connectivity index (χ3v) is 4.14. The standard InChI is InChI=1S/C18H23N5O2/c1-13(15-11-19-22(2)12-15)20-18(24)21-16-4-5-17-14(10-16)6-7-23(17)8-9-25-3/h4-7,10-13H,8-9H2,1-3H3,(H2,20,21,24)/t13-/m0/s1. The largest absolute Gasteiger partial charge is 0.383 e. The van der Waals surface area contributed by atoms with Crippen LogP contribution in [0.25, 0.3) is 10.9 Å². The van der Waals surface area contributed by atoms with Gasteiger partial charge in [0, 0.05) is 55.2 Å². The molecule has 25 heavy (non-hydrogen) atoms. The molecule has 0 unspecified atom stereocenters. The van der Waals surface area contributed by atoms with E-state index in [-0.39, 0.29) is 12.1 Å². The topological polar surface area (TPSA) is 73.1 Å². The van der Waals surface area contributed by atoms with E-state index in [4.69, 9.17) is 4.74 Å². The molecule has 1 atom stereocenters. The smallest absolute Gasteiger partial charge is 0.319 e. The minimum absolute atomic E-state index is 0.118. The van der Waals surface area contributed by atoms with Crippen LogP contribution in [0.5, 0.6) is 0 Å². The second kappa shape index (κ2) is 7.40. The van der Waals surface area contributed by atoms with Gasteiger partial charge in [0.15, 0.2) is 0 Å². The quantitative estimate of drug-likeness (QED) is 0.724. The Morgan fingerprint density at radius 2 is 2.20 bits per heavy atom. The zero-order chi connectivity index (χ0) is 17.8. The van der Waals surface area contributed by atoms with Crippen LogP contribution >= 0.6 is 0 Å². The Kier molecular flexibility index (Phi) is 5.04. The van der Waals surface area contributed by atoms with E-state index in [1.165, 1.54) is 0 Å². The van der Waals surface area contributed by atoms with Crippen molar-refractivity contribution in [2.24, 2.45) is 7.05 Å². The van der Waals surface area contributed by atoms with Crippen molar-refractivity contribution in [3.05, 3.63) is 48.4 Å². The Morgan fingerprint density at radius 1 is 1.36 bits per heavy atom. The maximum absolute atomic E-state index is 12.2. The Labute approximate surface area is 146 Å². The van der Waals surface area contributed by atoms with Crippen molar-refractivity contribution in [3.63, 3.8) is 0 Å². The van der Waals surface area contributed by atoms with Gasteiger partial charge in [-0.2, -0.15) is 5.10 Å². The van der Waals surface area contributed by atoms with Gasteiger partial charge in [-0.3, -0.25) is 4.68 Å². The zero-order valence-corrected chi connectivity index (χ0v) is 14.7. The third-order valence-electron chi connectivity index (χ3n) is 4.14. The van der Waals surface area contributed by atoms with Crippen LogP contribution in [-0.2, 0) is 18.3 Å². The molecule has 0 bridgehead atoms. The van der Waals surface area contributed by atoms with Crippen LogP contribution in [-0.4, -0.2) is 34.1 Å². The minimum atomic E-state index is -0.241. The van der Waals surface area contributed by atoms with Gasteiger partial charge in [-0.1, -0.05) is 0 Å². The van der Waals surface area contributed by atoms with Crippen molar-refractivity contribution in [2.75, 3.05) is 19.0 Å². The maximum Gasteiger partial charge on any atom is 0.319 e. The number of methoxy groups -OCH3 is 1. The highest BCUT2D eigenvalue weighted by molar-refractivity contribution is 5.93. The van der Waals surface area contributed by atoms with Gasteiger partial charge in [0.1, 0.15) is 0 Å². The molecule has 2 amide bonds. The molecule has 0 spiro atoms. The van der Waals surface area contributed by atoms with Crippen LogP contribution in [0.4, 0.5) is 10.5 Å². The molecule has 0 saturated carbocycles. The average molecular weight is 341 g/mol. The van der Waals surface area contributed by atoms with Crippen molar-refractivity contribution in [1.82, 2.24) is 19.7 Å². The molecule has 0 radical (unpaired) electrons. The summed E-state index contributed by atoms with van der Waals surface area (Å²) < 4.78 is 8.97. The molecule has 0 aliphatic heterocycles. The zero-order valence-electron chi connectivity index (χ0n) is 14.7. The van der Waals surface area contributed by atoms with Gasteiger partial charge in [-0.05, 0) is 31.2 Å². The van der Waals surface area contributed by atoms with Crippen LogP contribution < -0.4 is 10.6 Å². The van der Waals surface area contributed by atoms with E-state index < -0.39 is 0 Å². The van der Waals surface area contributed by atoms with Crippen molar-refractivity contribution in [3.8, 4) is 0 Å². The number of rotatable bonds is 6. The number of benzene rings is 1. The van der Waals surface area contributed by atoms with Crippen LogP contribution in [0.2, 0.25) is 0 Å². The normalized spacial score (nSPS) is 12.3. The van der Waals surface area contributed by atoms with Gasteiger partial charge in [0.05, 0.1) is 18.8 Å². The predicted octanol–water partition coefficient (Wildman–Crippen LogP) is 2.90. The lowest BCUT2D eigenvalue weighted by Gasteiger charge is -2.13. The fourth-order valence-electron chi connectivity index (χ4n) is 2.77. The molecule has 7 heteroatoms. The molecule has 132 valence electrons. The van der Waals surface area contributed by atoms with E-state index in [0.29, 0.717) is 6.61 Å². The number of nitrogens with one attached hydrogen (secondary N) is 2. The lowest BCUT2D eigenvalue weighted by molar-refractivity contribution is 0.188. The number of amides is 2. The molecule has 0 fully saturated rings. The van der Waals surface area contributed by atoms with Crippen molar-refractivity contribution in [1.29, 1.82) is 0 Å². The van der Waals surface area contributed by atoms with Gasteiger partial charge in [-0.25, -0.2) is 4.79 Å². The summed E-state index contributed by atoms with van der Waals surface area (Å²) in [5.74, 6) is 0. The predicted molar refractivity (Wildman–Crippen MR) is 97.6 cm³/mol. The molecule has 2 N–H and O–H groups in total. The number of carbonyl (C=O) groups excluding carboxylic acids is 1. The van der Waals surface area contributed by atoms with Gasteiger partial charge in [0.2, 0.25) is 0 Å². The fourth-order valence-corrected chi connectivity index (χ4v) is 2.77. The molecule has 0 saturated heterocycles. The van der Waals surface area contributed by atoms with Crippen LogP contribution in [0.1, 0.15) is 18.5 Å². The summed E-state index contributed by atoms with van der Waals surface area (Å²) in [7, 11) is 3.54. The summed E-state index contributed by atoms with van der Waals surface area (Å²) in [4.78, 5) is 12.2. The van der Waals surface area contributed by atoms with Crippen molar-refractivity contribution >= 4 is 22.6 Å². The van der Waals surface area contributed by atoms with Gasteiger partial charge >= 0.3 is 6.03 Å². The van der Waals surface area contributed by atoms with E-state index in [2.05, 4.69) is 20.3 Å². The lowest BCUT2D eigenvalue weighted by atomic mass is 10.2. The van der Waals surface area contributed by atoms with Crippen molar-refractivity contribution in [2.45, 2.75) is 19.5 Å². The first-order chi connectivity index (χ1) is 12.1. The maximum atomic E-state index is 12.2. The van der Waals surface area contributed by atoms with Gasteiger partial charge < -0.3 is 19.9 Å². The van der Waals surface area contributed by atoms with E-state index in [1.807, 2.05) is 50.6 Å². The summed E-state index contributed by atoms with van der Waals surface area (Å²) in [6.45, 7) is 3.39. The molecule has 7 nitrogen and oxygen atoms in total. The molecular formula is C18H23N5O2. The fraction of sp³-hybridized carbons (Fsp3) is 0.333. The van der Waals surface area contributed by atoms with Crippen LogP contribution in [0.15, 0.2) is 42.9 Å². The Bertz CT molecular complexity index is 867. The molecule has 3 aromatic rings. The Morgan fingerprint density at radius 3 is 2.92 bits per heavy atom. The summed E-state index contributed by atoms with van der Waals surface area (Å²) in [6, 6.07) is 7.55. The second-order valence-corrected chi connectivity index (χ2v) is 6.04. The van der Waals surface area contributed by atoms with Crippen molar-refractivity contribution < 1.29 is 9.53 Å². The highest BCUT2D eigenvalue weighted by Gasteiger charge is 2.11. The van der Waals surface area contributed by atoms with E-state index in [1.54, 1.807) is 18.0 Å². The number of aromatic nitrogens is 3. The number of fused-ring (bicyclic) bond motifs is 1. The molecule has 1 aromatic carbocycles. The first-order valence-corrected chi connectivity index (χ1v) is 8.20. The first-order valence-electron chi connectivity index (χ1n) is 8.20. The SMILES string of the molecule is COCCn1ccc2cc(NC(=O)N[C@@H](C)c3cnn(C)c3)ccc21. The molecule has 2 heterocycles. The summed E-state index contributed by atoms with van der Waals surface area (Å²) >= 11 is 0. The molecule has 0 aliphatic rings. The van der Waals surface area contributed by atoms with E-state index in [9.17, 15) is 4.79 Å². The number of hydrogen-bond acceptors (Lipinski definition) is 3. The van der Waals surface area contributed by atoms with E-state index in [0.717, 1.165) is 28.7 Å². The molecule has 2 aromatic heterocycles. The number of carbonyl (C=O) groups is 1. The Balaban J connectivity index is 1.65. The lowest BCUT2D eigenvalue weighted by Crippen LogP contribution is -2.31. The molecule has 3 rings (SSSR count). The van der Waals surface area contributed by atoms with Gasteiger partial charge in [0.25, 0.3) is 0 Å².